The molecule has 0 saturated heterocycles. The van der Waals surface area contributed by atoms with Gasteiger partial charge in [-0.25, -0.2) is 4.98 Å². The largest absolute Gasteiger partial charge is 0.298 e. The molecule has 0 fully saturated rings. The molecule has 0 bridgehead atoms. The summed E-state index contributed by atoms with van der Waals surface area (Å²) in [6.45, 7) is 4.10. The number of nitriles is 1. The molecule has 0 saturated carbocycles. The Bertz CT molecular complexity index is 791. The van der Waals surface area contributed by atoms with E-state index in [1.807, 2.05) is 35.6 Å². The summed E-state index contributed by atoms with van der Waals surface area (Å²) in [5.41, 5.74) is 5.67. The lowest BCUT2D eigenvalue weighted by molar-refractivity contribution is 1.05. The molecule has 0 N–H and O–H groups in total. The van der Waals surface area contributed by atoms with Crippen LogP contribution in [0.3, 0.4) is 0 Å². The van der Waals surface area contributed by atoms with Crippen LogP contribution in [0.5, 0.6) is 0 Å². The molecule has 0 amide bonds. The van der Waals surface area contributed by atoms with E-state index in [0.717, 1.165) is 28.7 Å². The molecule has 3 heteroatoms. The highest BCUT2D eigenvalue weighted by Crippen LogP contribution is 2.23. The molecule has 88 valence electrons. The smallest absolute Gasteiger partial charge is 0.156 e. The third kappa shape index (κ3) is 1.32. The van der Waals surface area contributed by atoms with E-state index in [-0.39, 0.29) is 0 Å². The molecule has 0 aliphatic carbocycles. The number of aromatic nitrogens is 2. The number of benzene rings is 1. The van der Waals surface area contributed by atoms with E-state index >= 15 is 0 Å². The predicted octanol–water partition coefficient (Wildman–Crippen LogP) is 3.23. The highest BCUT2D eigenvalue weighted by molar-refractivity contribution is 5.82. The van der Waals surface area contributed by atoms with Crippen LogP contribution in [0.4, 0.5) is 0 Å². The third-order valence-corrected chi connectivity index (χ3v) is 3.45. The van der Waals surface area contributed by atoms with Gasteiger partial charge in [-0.15, -0.1) is 0 Å². The van der Waals surface area contributed by atoms with Gasteiger partial charge in [0.25, 0.3) is 0 Å². The molecule has 0 unspecified atom stereocenters. The van der Waals surface area contributed by atoms with Crippen LogP contribution >= 0.6 is 0 Å². The third-order valence-electron chi connectivity index (χ3n) is 3.45. The van der Waals surface area contributed by atoms with Crippen molar-refractivity contribution in [2.75, 3.05) is 0 Å². The quantitative estimate of drug-likeness (QED) is 0.649. The van der Waals surface area contributed by atoms with Crippen LogP contribution < -0.4 is 0 Å². The van der Waals surface area contributed by atoms with Crippen molar-refractivity contribution in [1.29, 1.82) is 5.26 Å². The van der Waals surface area contributed by atoms with Gasteiger partial charge in [-0.3, -0.25) is 4.40 Å². The minimum absolute atomic E-state index is 0.686. The zero-order valence-corrected chi connectivity index (χ0v) is 10.4. The minimum atomic E-state index is 0.686. The van der Waals surface area contributed by atoms with E-state index in [2.05, 4.69) is 24.2 Å². The summed E-state index contributed by atoms with van der Waals surface area (Å²) in [6.07, 6.45) is 3.02. The SMILES string of the molecule is CCc1cn2c(nc3ccccc32)c(C#N)c1C. The predicted molar refractivity (Wildman–Crippen MR) is 71.5 cm³/mol. The normalized spacial score (nSPS) is 10.9. The van der Waals surface area contributed by atoms with Gasteiger partial charge in [-0.2, -0.15) is 5.26 Å². The second kappa shape index (κ2) is 3.85. The summed E-state index contributed by atoms with van der Waals surface area (Å²) in [7, 11) is 0. The lowest BCUT2D eigenvalue weighted by atomic mass is 10.0. The Morgan fingerprint density at radius 3 is 2.83 bits per heavy atom. The maximum absolute atomic E-state index is 9.36. The van der Waals surface area contributed by atoms with E-state index in [9.17, 15) is 5.26 Å². The van der Waals surface area contributed by atoms with Crippen LogP contribution in [0, 0.1) is 18.3 Å². The Balaban J connectivity index is 2.57. The lowest BCUT2D eigenvalue weighted by Gasteiger charge is -2.07. The Kier molecular flexibility index (Phi) is 2.31. The van der Waals surface area contributed by atoms with Gasteiger partial charge in [0.05, 0.1) is 16.6 Å². The molecule has 0 radical (unpaired) electrons. The van der Waals surface area contributed by atoms with Crippen molar-refractivity contribution < 1.29 is 0 Å². The Morgan fingerprint density at radius 2 is 2.11 bits per heavy atom. The lowest BCUT2D eigenvalue weighted by Crippen LogP contribution is -1.98. The van der Waals surface area contributed by atoms with E-state index in [1.54, 1.807) is 0 Å². The Labute approximate surface area is 105 Å². The molecule has 0 spiro atoms. The number of nitrogens with zero attached hydrogens (tertiary/aromatic N) is 3. The number of pyridine rings is 1. The van der Waals surface area contributed by atoms with E-state index in [0.29, 0.717) is 5.56 Å². The van der Waals surface area contributed by atoms with Crippen molar-refractivity contribution in [2.45, 2.75) is 20.3 Å². The first-order chi connectivity index (χ1) is 8.76. The number of fused-ring (bicyclic) bond motifs is 3. The maximum Gasteiger partial charge on any atom is 0.156 e. The van der Waals surface area contributed by atoms with Gasteiger partial charge < -0.3 is 0 Å². The fourth-order valence-corrected chi connectivity index (χ4v) is 2.42. The standard InChI is InChI=1S/C15H13N3/c1-3-11-9-18-14-7-5-4-6-13(14)17-15(18)12(8-16)10(11)2/h4-7,9H,3H2,1-2H3. The zero-order chi connectivity index (χ0) is 12.7. The van der Waals surface area contributed by atoms with Gasteiger partial charge in [0.15, 0.2) is 5.65 Å². The zero-order valence-electron chi connectivity index (χ0n) is 10.4. The van der Waals surface area contributed by atoms with Crippen LogP contribution in [-0.2, 0) is 6.42 Å². The summed E-state index contributed by atoms with van der Waals surface area (Å²) in [5, 5.41) is 9.36. The van der Waals surface area contributed by atoms with Crippen molar-refractivity contribution in [3.05, 3.63) is 47.2 Å². The number of para-hydroxylation sites is 2. The molecule has 0 aliphatic heterocycles. The van der Waals surface area contributed by atoms with Crippen molar-refractivity contribution >= 4 is 16.7 Å². The summed E-state index contributed by atoms with van der Waals surface area (Å²) < 4.78 is 2.03. The summed E-state index contributed by atoms with van der Waals surface area (Å²) in [6, 6.07) is 10.3. The average molecular weight is 235 g/mol. The van der Waals surface area contributed by atoms with Gasteiger partial charge in [-0.1, -0.05) is 19.1 Å². The molecular weight excluding hydrogens is 222 g/mol. The molecule has 3 rings (SSSR count). The van der Waals surface area contributed by atoms with Gasteiger partial charge in [0.2, 0.25) is 0 Å². The van der Waals surface area contributed by atoms with Crippen molar-refractivity contribution in [1.82, 2.24) is 9.38 Å². The first kappa shape index (κ1) is 10.8. The van der Waals surface area contributed by atoms with Gasteiger partial charge in [0.1, 0.15) is 6.07 Å². The monoisotopic (exact) mass is 235 g/mol. The highest BCUT2D eigenvalue weighted by atomic mass is 15.0. The summed E-state index contributed by atoms with van der Waals surface area (Å²) in [4.78, 5) is 4.56. The van der Waals surface area contributed by atoms with Crippen molar-refractivity contribution in [3.63, 3.8) is 0 Å². The van der Waals surface area contributed by atoms with Crippen LogP contribution in [0.25, 0.3) is 16.7 Å². The molecule has 3 nitrogen and oxygen atoms in total. The van der Waals surface area contributed by atoms with Gasteiger partial charge in [-0.05, 0) is 36.6 Å². The summed E-state index contributed by atoms with van der Waals surface area (Å²) in [5.74, 6) is 0. The Morgan fingerprint density at radius 1 is 1.33 bits per heavy atom. The summed E-state index contributed by atoms with van der Waals surface area (Å²) >= 11 is 0. The van der Waals surface area contributed by atoms with Gasteiger partial charge in [0, 0.05) is 6.20 Å². The number of imidazole rings is 1. The van der Waals surface area contributed by atoms with E-state index < -0.39 is 0 Å². The van der Waals surface area contributed by atoms with Crippen molar-refractivity contribution in [2.24, 2.45) is 0 Å². The minimum Gasteiger partial charge on any atom is -0.298 e. The average Bonchev–Trinajstić information content (AvgIpc) is 2.76. The molecule has 0 atom stereocenters. The van der Waals surface area contributed by atoms with Crippen LogP contribution in [0.2, 0.25) is 0 Å². The molecule has 3 aromatic rings. The fraction of sp³-hybridized carbons (Fsp3) is 0.200. The van der Waals surface area contributed by atoms with Crippen LogP contribution in [0.15, 0.2) is 30.5 Å². The molecule has 2 heterocycles. The van der Waals surface area contributed by atoms with Gasteiger partial charge >= 0.3 is 0 Å². The number of rotatable bonds is 1. The molecule has 18 heavy (non-hydrogen) atoms. The second-order valence-electron chi connectivity index (χ2n) is 4.41. The first-order valence-electron chi connectivity index (χ1n) is 6.05. The number of hydrogen-bond donors (Lipinski definition) is 0. The topological polar surface area (TPSA) is 41.1 Å². The molecule has 2 aromatic heterocycles. The highest BCUT2D eigenvalue weighted by Gasteiger charge is 2.13. The maximum atomic E-state index is 9.36. The van der Waals surface area contributed by atoms with Crippen LogP contribution in [0.1, 0.15) is 23.6 Å². The second-order valence-corrected chi connectivity index (χ2v) is 4.41. The Hall–Kier alpha value is -2.34. The molecular formula is C15H13N3. The molecule has 0 aliphatic rings. The van der Waals surface area contributed by atoms with Crippen LogP contribution in [-0.4, -0.2) is 9.38 Å². The van der Waals surface area contributed by atoms with E-state index in [1.165, 1.54) is 5.56 Å². The van der Waals surface area contributed by atoms with E-state index in [4.69, 9.17) is 0 Å². The number of aryl methyl sites for hydroxylation is 1. The fourth-order valence-electron chi connectivity index (χ4n) is 2.42. The molecule has 1 aromatic carbocycles. The number of hydrogen-bond acceptors (Lipinski definition) is 2. The van der Waals surface area contributed by atoms with Crippen molar-refractivity contribution in [3.8, 4) is 6.07 Å². The first-order valence-corrected chi connectivity index (χ1v) is 6.05.